The second kappa shape index (κ2) is 16.9. The molecule has 0 aliphatic heterocycles. The first-order chi connectivity index (χ1) is 17.4. The van der Waals surface area contributed by atoms with Crippen LogP contribution in [0.4, 0.5) is 0 Å². The third-order valence-electron chi connectivity index (χ3n) is 5.96. The third kappa shape index (κ3) is 11.8. The zero-order valence-corrected chi connectivity index (χ0v) is 21.5. The predicted octanol–water partition coefficient (Wildman–Crippen LogP) is 4.68. The van der Waals surface area contributed by atoms with E-state index in [-0.39, 0.29) is 12.7 Å². The minimum Gasteiger partial charge on any atom is -0.491 e. The van der Waals surface area contributed by atoms with Crippen molar-refractivity contribution in [3.05, 3.63) is 53.6 Å². The Labute approximate surface area is 214 Å². The average Bonchev–Trinajstić information content (AvgIpc) is 2.88. The summed E-state index contributed by atoms with van der Waals surface area (Å²) in [7, 11) is 0. The van der Waals surface area contributed by atoms with E-state index in [1.807, 2.05) is 12.1 Å². The van der Waals surface area contributed by atoms with Gasteiger partial charge in [-0.25, -0.2) is 9.59 Å². The van der Waals surface area contributed by atoms with Crippen LogP contribution in [0.15, 0.2) is 48.1 Å². The molecule has 1 saturated carbocycles. The molecule has 1 aliphatic rings. The Hall–Kier alpha value is -2.68. The van der Waals surface area contributed by atoms with Crippen molar-refractivity contribution in [2.45, 2.75) is 58.0 Å². The summed E-state index contributed by atoms with van der Waals surface area (Å²) in [5.74, 6) is 0.0520. The summed E-state index contributed by atoms with van der Waals surface area (Å²) in [5, 5.41) is 8.80. The second-order valence-electron chi connectivity index (χ2n) is 8.88. The minimum atomic E-state index is -0.901. The first-order valence-electron chi connectivity index (χ1n) is 12.6. The quantitative estimate of drug-likeness (QED) is 0.185. The molecular formula is C28H40O8. The highest BCUT2D eigenvalue weighted by molar-refractivity contribution is 5.87. The molecule has 0 atom stereocenters. The summed E-state index contributed by atoms with van der Waals surface area (Å²) in [6, 6.07) is 8.27. The first-order valence-corrected chi connectivity index (χ1v) is 12.6. The number of hydrogen-bond donors (Lipinski definition) is 1. The van der Waals surface area contributed by atoms with Gasteiger partial charge in [0.2, 0.25) is 0 Å². The summed E-state index contributed by atoms with van der Waals surface area (Å²) in [6.07, 6.45) is 6.72. The van der Waals surface area contributed by atoms with E-state index in [0.29, 0.717) is 63.1 Å². The van der Waals surface area contributed by atoms with Gasteiger partial charge in [-0.2, -0.15) is 0 Å². The molecule has 0 aromatic heterocycles. The molecule has 200 valence electrons. The topological polar surface area (TPSA) is 101 Å². The van der Waals surface area contributed by atoms with Crippen LogP contribution in [-0.4, -0.2) is 69.4 Å². The van der Waals surface area contributed by atoms with Gasteiger partial charge in [-0.1, -0.05) is 24.8 Å². The van der Waals surface area contributed by atoms with Crippen molar-refractivity contribution in [2.24, 2.45) is 0 Å². The number of carbonyl (C=O) groups excluding carboxylic acids is 1. The highest BCUT2D eigenvalue weighted by Crippen LogP contribution is 2.34. The lowest BCUT2D eigenvalue weighted by Gasteiger charge is -2.29. The van der Waals surface area contributed by atoms with E-state index in [1.54, 1.807) is 19.9 Å². The molecule has 2 rings (SSSR count). The summed E-state index contributed by atoms with van der Waals surface area (Å²) >= 11 is 0. The zero-order valence-electron chi connectivity index (χ0n) is 21.5. The van der Waals surface area contributed by atoms with Crippen LogP contribution in [0, 0.1) is 0 Å². The molecule has 8 nitrogen and oxygen atoms in total. The first kappa shape index (κ1) is 29.5. The second-order valence-corrected chi connectivity index (χ2v) is 8.88. The van der Waals surface area contributed by atoms with Crippen LogP contribution in [0.25, 0.3) is 0 Å². The molecule has 0 amide bonds. The normalized spacial score (nSPS) is 18.0. The Morgan fingerprint density at radius 3 is 2.22 bits per heavy atom. The molecule has 0 heterocycles. The summed E-state index contributed by atoms with van der Waals surface area (Å²) < 4.78 is 27.6. The maximum atomic E-state index is 11.3. The SMILES string of the molecule is C=C(C)C(=O)OCCOCCOC1CCC(c2ccc(OCCOCCC=C(C)C(=O)O)cc2)CC1. The maximum absolute atomic E-state index is 11.3. The van der Waals surface area contributed by atoms with Crippen LogP contribution in [0.5, 0.6) is 5.75 Å². The molecule has 8 heteroatoms. The summed E-state index contributed by atoms with van der Waals surface area (Å²) in [5.41, 5.74) is 2.04. The van der Waals surface area contributed by atoms with Gasteiger partial charge in [0.15, 0.2) is 0 Å². The van der Waals surface area contributed by atoms with Crippen molar-refractivity contribution >= 4 is 11.9 Å². The fourth-order valence-electron chi connectivity index (χ4n) is 3.86. The highest BCUT2D eigenvalue weighted by Gasteiger charge is 2.22. The molecule has 1 aromatic carbocycles. The molecule has 1 fully saturated rings. The lowest BCUT2D eigenvalue weighted by Crippen LogP contribution is -2.23. The van der Waals surface area contributed by atoms with E-state index in [0.717, 1.165) is 31.4 Å². The van der Waals surface area contributed by atoms with E-state index in [1.165, 1.54) is 5.56 Å². The van der Waals surface area contributed by atoms with E-state index < -0.39 is 11.9 Å². The van der Waals surface area contributed by atoms with Crippen LogP contribution in [-0.2, 0) is 28.5 Å². The van der Waals surface area contributed by atoms with Gasteiger partial charge in [-0.15, -0.1) is 0 Å². The van der Waals surface area contributed by atoms with Gasteiger partial charge in [0.25, 0.3) is 0 Å². The number of carboxylic acid groups (broad SMARTS) is 1. The van der Waals surface area contributed by atoms with Crippen molar-refractivity contribution in [2.75, 3.05) is 46.2 Å². The van der Waals surface area contributed by atoms with Crippen LogP contribution < -0.4 is 4.74 Å². The lowest BCUT2D eigenvalue weighted by molar-refractivity contribution is -0.140. The van der Waals surface area contributed by atoms with Crippen LogP contribution in [0.2, 0.25) is 0 Å². The van der Waals surface area contributed by atoms with Crippen LogP contribution in [0.1, 0.15) is 57.4 Å². The molecular weight excluding hydrogens is 464 g/mol. The number of aliphatic carboxylic acids is 1. The van der Waals surface area contributed by atoms with Crippen LogP contribution >= 0.6 is 0 Å². The Morgan fingerprint density at radius 1 is 0.917 bits per heavy atom. The van der Waals surface area contributed by atoms with E-state index >= 15 is 0 Å². The van der Waals surface area contributed by atoms with Crippen molar-refractivity contribution in [3.63, 3.8) is 0 Å². The Bertz CT molecular complexity index is 838. The monoisotopic (exact) mass is 504 g/mol. The molecule has 0 spiro atoms. The van der Waals surface area contributed by atoms with Crippen molar-refractivity contribution in [1.29, 1.82) is 0 Å². The van der Waals surface area contributed by atoms with Crippen molar-refractivity contribution in [1.82, 2.24) is 0 Å². The predicted molar refractivity (Wildman–Crippen MR) is 136 cm³/mol. The molecule has 1 aliphatic carbocycles. The minimum absolute atomic E-state index is 0.224. The van der Waals surface area contributed by atoms with E-state index in [4.69, 9.17) is 28.8 Å². The maximum Gasteiger partial charge on any atom is 0.333 e. The highest BCUT2D eigenvalue weighted by atomic mass is 16.6. The molecule has 36 heavy (non-hydrogen) atoms. The Morgan fingerprint density at radius 2 is 1.56 bits per heavy atom. The van der Waals surface area contributed by atoms with Gasteiger partial charge in [0, 0.05) is 11.1 Å². The number of hydrogen-bond acceptors (Lipinski definition) is 7. The largest absolute Gasteiger partial charge is 0.491 e. The number of carbonyl (C=O) groups is 2. The van der Waals surface area contributed by atoms with E-state index in [2.05, 4.69) is 18.7 Å². The average molecular weight is 505 g/mol. The van der Waals surface area contributed by atoms with Gasteiger partial charge >= 0.3 is 11.9 Å². The fourth-order valence-corrected chi connectivity index (χ4v) is 3.86. The van der Waals surface area contributed by atoms with Gasteiger partial charge < -0.3 is 28.8 Å². The van der Waals surface area contributed by atoms with Gasteiger partial charge in [0.1, 0.15) is 19.0 Å². The van der Waals surface area contributed by atoms with E-state index in [9.17, 15) is 9.59 Å². The molecule has 0 saturated heterocycles. The molecule has 0 bridgehead atoms. The third-order valence-corrected chi connectivity index (χ3v) is 5.96. The number of carboxylic acids is 1. The van der Waals surface area contributed by atoms with Gasteiger partial charge in [0.05, 0.1) is 39.1 Å². The lowest BCUT2D eigenvalue weighted by atomic mass is 9.83. The van der Waals surface area contributed by atoms with Gasteiger partial charge in [-0.3, -0.25) is 0 Å². The summed E-state index contributed by atoms with van der Waals surface area (Å²) in [4.78, 5) is 22.0. The number of benzene rings is 1. The Kier molecular flexibility index (Phi) is 13.9. The standard InChI is InChI=1S/C28H40O8/c1-21(2)28(31)36-20-17-33-16-19-35-26-12-8-24(9-13-26)23-6-10-25(11-7-23)34-18-15-32-14-4-5-22(3)27(29)30/h5-7,10-11,24,26H,1,4,8-9,12-20H2,2-3H3,(H,29,30). The van der Waals surface area contributed by atoms with Gasteiger partial charge in [-0.05, 0) is 69.6 Å². The number of esters is 1. The fraction of sp³-hybridized carbons (Fsp3) is 0.571. The number of ether oxygens (including phenoxy) is 5. The molecule has 0 unspecified atom stereocenters. The van der Waals surface area contributed by atoms with Crippen molar-refractivity contribution in [3.8, 4) is 5.75 Å². The molecule has 1 aromatic rings. The van der Waals surface area contributed by atoms with Crippen molar-refractivity contribution < 1.29 is 38.4 Å². The number of rotatable bonds is 17. The summed E-state index contributed by atoms with van der Waals surface area (Å²) in [6.45, 7) is 9.71. The zero-order chi connectivity index (χ0) is 26.2. The van der Waals surface area contributed by atoms with Crippen LogP contribution in [0.3, 0.4) is 0 Å². The molecule has 0 radical (unpaired) electrons. The smallest absolute Gasteiger partial charge is 0.333 e. The Balaban J connectivity index is 1.52. The molecule has 1 N–H and O–H groups in total.